The zero-order valence-electron chi connectivity index (χ0n) is 15.3. The number of carbonyl (C=O) groups excluding carboxylic acids is 2. The van der Waals surface area contributed by atoms with Gasteiger partial charge in [0, 0.05) is 34.7 Å². The summed E-state index contributed by atoms with van der Waals surface area (Å²) in [5.74, 6) is -2.37. The number of hydrogen-bond acceptors (Lipinski definition) is 4. The molecule has 0 saturated carbocycles. The van der Waals surface area contributed by atoms with Gasteiger partial charge in [-0.25, -0.2) is 12.8 Å². The minimum Gasteiger partial charge on any atom is -0.369 e. The van der Waals surface area contributed by atoms with Crippen molar-refractivity contribution in [3.63, 3.8) is 0 Å². The van der Waals surface area contributed by atoms with Crippen molar-refractivity contribution in [1.82, 2.24) is 4.31 Å². The van der Waals surface area contributed by atoms with Gasteiger partial charge in [0.2, 0.25) is 15.9 Å². The van der Waals surface area contributed by atoms with E-state index in [1.807, 2.05) is 0 Å². The van der Waals surface area contributed by atoms with Crippen molar-refractivity contribution in [3.8, 4) is 0 Å². The van der Waals surface area contributed by atoms with Crippen molar-refractivity contribution < 1.29 is 22.4 Å². The Bertz CT molecular complexity index is 1040. The molecule has 0 aliphatic carbocycles. The number of nitrogens with one attached hydrogen (secondary N) is 1. The number of piperidine rings is 1. The topological polar surface area (TPSA) is 110 Å². The molecule has 1 heterocycles. The summed E-state index contributed by atoms with van der Waals surface area (Å²) in [4.78, 5) is 23.2. The van der Waals surface area contributed by atoms with Crippen LogP contribution in [0.2, 0.25) is 0 Å². The highest BCUT2D eigenvalue weighted by Crippen LogP contribution is 2.26. The van der Waals surface area contributed by atoms with Gasteiger partial charge in [-0.15, -0.1) is 0 Å². The summed E-state index contributed by atoms with van der Waals surface area (Å²) in [5.41, 5.74) is 5.80. The first-order chi connectivity index (χ1) is 13.7. The van der Waals surface area contributed by atoms with E-state index in [1.54, 1.807) is 24.3 Å². The molecule has 2 amide bonds. The van der Waals surface area contributed by atoms with Gasteiger partial charge in [0.25, 0.3) is 5.91 Å². The van der Waals surface area contributed by atoms with E-state index in [2.05, 4.69) is 21.2 Å². The number of benzene rings is 2. The van der Waals surface area contributed by atoms with Crippen LogP contribution in [-0.4, -0.2) is 37.6 Å². The van der Waals surface area contributed by atoms with Crippen molar-refractivity contribution in [2.45, 2.75) is 17.7 Å². The predicted octanol–water partition coefficient (Wildman–Crippen LogP) is 2.73. The maximum atomic E-state index is 14.3. The van der Waals surface area contributed by atoms with Crippen LogP contribution in [0.1, 0.15) is 23.2 Å². The van der Waals surface area contributed by atoms with E-state index in [9.17, 15) is 22.4 Å². The van der Waals surface area contributed by atoms with E-state index in [0.29, 0.717) is 5.69 Å². The van der Waals surface area contributed by atoms with E-state index in [-0.39, 0.29) is 31.5 Å². The first-order valence-electron chi connectivity index (χ1n) is 8.84. The number of sulfonamides is 1. The molecule has 10 heteroatoms. The minimum absolute atomic E-state index is 0.0138. The number of nitrogens with zero attached hydrogens (tertiary/aromatic N) is 1. The van der Waals surface area contributed by atoms with Crippen molar-refractivity contribution in [1.29, 1.82) is 0 Å². The van der Waals surface area contributed by atoms with Crippen molar-refractivity contribution >= 4 is 43.5 Å². The number of carbonyl (C=O) groups is 2. The van der Waals surface area contributed by atoms with Gasteiger partial charge in [0.15, 0.2) is 0 Å². The third-order valence-corrected chi connectivity index (χ3v) is 7.21. The lowest BCUT2D eigenvalue weighted by molar-refractivity contribution is -0.122. The average molecular weight is 484 g/mol. The van der Waals surface area contributed by atoms with Crippen LogP contribution in [0.4, 0.5) is 10.1 Å². The predicted molar refractivity (Wildman–Crippen MR) is 109 cm³/mol. The maximum absolute atomic E-state index is 14.3. The Labute approximate surface area is 176 Å². The molecule has 3 rings (SSSR count). The molecule has 0 unspecified atom stereocenters. The highest BCUT2D eigenvalue weighted by atomic mass is 79.9. The molecule has 154 valence electrons. The van der Waals surface area contributed by atoms with Gasteiger partial charge in [-0.1, -0.05) is 15.9 Å². The first kappa shape index (κ1) is 21.4. The fourth-order valence-corrected chi connectivity index (χ4v) is 4.92. The van der Waals surface area contributed by atoms with E-state index >= 15 is 0 Å². The normalized spacial score (nSPS) is 15.8. The highest BCUT2D eigenvalue weighted by molar-refractivity contribution is 9.10. The van der Waals surface area contributed by atoms with E-state index in [0.717, 1.165) is 20.9 Å². The lowest BCUT2D eigenvalue weighted by Gasteiger charge is -2.29. The molecule has 29 heavy (non-hydrogen) atoms. The number of halogens is 2. The zero-order chi connectivity index (χ0) is 21.2. The third kappa shape index (κ3) is 4.82. The minimum atomic E-state index is -4.16. The van der Waals surface area contributed by atoms with E-state index < -0.39 is 38.5 Å². The first-order valence-corrected chi connectivity index (χ1v) is 11.1. The quantitative estimate of drug-likeness (QED) is 0.680. The van der Waals surface area contributed by atoms with Gasteiger partial charge >= 0.3 is 0 Å². The SMILES string of the molecule is NC(=O)C1CCN(S(=O)(=O)c2cc(C(=O)Nc3ccc(Br)cc3)ccc2F)CC1. The molecule has 2 aromatic rings. The fourth-order valence-electron chi connectivity index (χ4n) is 3.10. The molecule has 1 aliphatic rings. The largest absolute Gasteiger partial charge is 0.369 e. The number of amides is 2. The van der Waals surface area contributed by atoms with Crippen LogP contribution in [0.25, 0.3) is 0 Å². The molecular formula is C19H19BrFN3O4S. The van der Waals surface area contributed by atoms with E-state index in [1.165, 1.54) is 6.07 Å². The Hall–Kier alpha value is -2.30. The van der Waals surface area contributed by atoms with Crippen LogP contribution in [0, 0.1) is 11.7 Å². The summed E-state index contributed by atoms with van der Waals surface area (Å²) in [6.07, 6.45) is 0.555. The molecular weight excluding hydrogens is 465 g/mol. The van der Waals surface area contributed by atoms with Gasteiger partial charge in [0.05, 0.1) is 0 Å². The molecule has 0 radical (unpaired) electrons. The molecule has 0 bridgehead atoms. The molecule has 0 aromatic heterocycles. The van der Waals surface area contributed by atoms with Crippen LogP contribution < -0.4 is 11.1 Å². The Morgan fingerprint density at radius 3 is 2.31 bits per heavy atom. The smallest absolute Gasteiger partial charge is 0.255 e. The van der Waals surface area contributed by atoms with Gasteiger partial charge in [-0.3, -0.25) is 9.59 Å². The summed E-state index contributed by atoms with van der Waals surface area (Å²) >= 11 is 3.29. The molecule has 0 atom stereocenters. The Morgan fingerprint density at radius 1 is 1.10 bits per heavy atom. The molecule has 1 fully saturated rings. The average Bonchev–Trinajstić information content (AvgIpc) is 2.70. The van der Waals surface area contributed by atoms with Crippen LogP contribution in [-0.2, 0) is 14.8 Å². The Kier molecular flexibility index (Phi) is 6.35. The standard InChI is InChI=1S/C19H19BrFN3O4S/c20-14-2-4-15(5-3-14)23-19(26)13-1-6-16(21)17(11-13)29(27,28)24-9-7-12(8-10-24)18(22)25/h1-6,11-12H,7-10H2,(H2,22,25)(H,23,26). The van der Waals surface area contributed by atoms with Crippen LogP contribution in [0.5, 0.6) is 0 Å². The molecule has 0 spiro atoms. The number of rotatable bonds is 5. The third-order valence-electron chi connectivity index (χ3n) is 4.77. The molecule has 2 aromatic carbocycles. The van der Waals surface area contributed by atoms with E-state index in [4.69, 9.17) is 5.73 Å². The molecule has 1 aliphatic heterocycles. The summed E-state index contributed by atoms with van der Waals surface area (Å²) in [6.45, 7) is 0.120. The van der Waals surface area contributed by atoms with Crippen molar-refractivity contribution in [3.05, 3.63) is 58.3 Å². The Balaban J connectivity index is 1.82. The summed E-state index contributed by atoms with van der Waals surface area (Å²) in [7, 11) is -4.16. The zero-order valence-corrected chi connectivity index (χ0v) is 17.7. The van der Waals surface area contributed by atoms with Crippen LogP contribution in [0.15, 0.2) is 51.8 Å². The fraction of sp³-hybridized carbons (Fsp3) is 0.263. The van der Waals surface area contributed by atoms with Gasteiger partial charge in [0.1, 0.15) is 10.7 Å². The monoisotopic (exact) mass is 483 g/mol. The summed E-state index contributed by atoms with van der Waals surface area (Å²) < 4.78 is 42.1. The van der Waals surface area contributed by atoms with Gasteiger partial charge in [-0.2, -0.15) is 4.31 Å². The van der Waals surface area contributed by atoms with Crippen molar-refractivity contribution in [2.75, 3.05) is 18.4 Å². The number of nitrogens with two attached hydrogens (primary N) is 1. The second-order valence-corrected chi connectivity index (χ2v) is 9.51. The number of hydrogen-bond donors (Lipinski definition) is 2. The molecule has 3 N–H and O–H groups in total. The summed E-state index contributed by atoms with van der Waals surface area (Å²) in [5, 5.41) is 2.64. The molecule has 1 saturated heterocycles. The lowest BCUT2D eigenvalue weighted by atomic mass is 9.98. The van der Waals surface area contributed by atoms with Crippen LogP contribution >= 0.6 is 15.9 Å². The maximum Gasteiger partial charge on any atom is 0.255 e. The lowest BCUT2D eigenvalue weighted by Crippen LogP contribution is -2.42. The second kappa shape index (κ2) is 8.60. The number of anilines is 1. The van der Waals surface area contributed by atoms with Crippen LogP contribution in [0.3, 0.4) is 0 Å². The number of primary amides is 1. The van der Waals surface area contributed by atoms with Crippen molar-refractivity contribution in [2.24, 2.45) is 11.7 Å². The van der Waals surface area contributed by atoms with Gasteiger partial charge < -0.3 is 11.1 Å². The van der Waals surface area contributed by atoms with Gasteiger partial charge in [-0.05, 0) is 55.3 Å². The highest BCUT2D eigenvalue weighted by Gasteiger charge is 2.33. The summed E-state index contributed by atoms with van der Waals surface area (Å²) in [6, 6.07) is 10.0. The molecule has 7 nitrogen and oxygen atoms in total. The second-order valence-electron chi connectivity index (χ2n) is 6.69. The Morgan fingerprint density at radius 2 is 1.72 bits per heavy atom.